The lowest BCUT2D eigenvalue weighted by atomic mass is 9.95. The molecule has 3 rings (SSSR count). The lowest BCUT2D eigenvalue weighted by molar-refractivity contribution is 0.323. The molecule has 22 heavy (non-hydrogen) atoms. The van der Waals surface area contributed by atoms with Crippen molar-refractivity contribution in [1.82, 2.24) is 4.90 Å². The summed E-state index contributed by atoms with van der Waals surface area (Å²) in [6.07, 6.45) is 0. The molecule has 2 aromatic carbocycles. The molecule has 0 radical (unpaired) electrons. The smallest absolute Gasteiger partial charge is 0.124 e. The number of hydrogen-bond donors (Lipinski definition) is 1. The van der Waals surface area contributed by atoms with Crippen molar-refractivity contribution in [3.8, 4) is 0 Å². The lowest BCUT2D eigenvalue weighted by Gasteiger charge is -2.17. The minimum absolute atomic E-state index is 0. The van der Waals surface area contributed by atoms with Gasteiger partial charge < -0.3 is 5.73 Å². The summed E-state index contributed by atoms with van der Waals surface area (Å²) in [5.74, 6) is 0.0365. The first-order chi connectivity index (χ1) is 10.1. The van der Waals surface area contributed by atoms with E-state index in [2.05, 4.69) is 17.0 Å². The van der Waals surface area contributed by atoms with Crippen LogP contribution in [0.25, 0.3) is 0 Å². The van der Waals surface area contributed by atoms with Gasteiger partial charge in [-0.25, -0.2) is 4.39 Å². The second kappa shape index (κ2) is 7.42. The minimum Gasteiger partial charge on any atom is -0.326 e. The van der Waals surface area contributed by atoms with E-state index in [4.69, 9.17) is 17.3 Å². The Morgan fingerprint density at radius 3 is 2.55 bits per heavy atom. The molecule has 5 heteroatoms. The van der Waals surface area contributed by atoms with E-state index in [1.807, 2.05) is 18.2 Å². The van der Waals surface area contributed by atoms with Crippen LogP contribution in [0.5, 0.6) is 0 Å². The van der Waals surface area contributed by atoms with Crippen LogP contribution in [0.4, 0.5) is 4.39 Å². The molecule has 0 amide bonds. The highest BCUT2D eigenvalue weighted by atomic mass is 35.5. The van der Waals surface area contributed by atoms with Gasteiger partial charge in [0.05, 0.1) is 0 Å². The maximum Gasteiger partial charge on any atom is 0.124 e. The van der Waals surface area contributed by atoms with Gasteiger partial charge in [-0.15, -0.1) is 12.4 Å². The molecule has 2 N–H and O–H groups in total. The van der Waals surface area contributed by atoms with Crippen molar-refractivity contribution in [2.75, 3.05) is 13.1 Å². The summed E-state index contributed by atoms with van der Waals surface area (Å²) in [7, 11) is 0. The largest absolute Gasteiger partial charge is 0.326 e. The molecule has 1 saturated heterocycles. The average molecular weight is 341 g/mol. The highest BCUT2D eigenvalue weighted by Gasteiger charge is 2.31. The standard InChI is InChI=1S/C17H18ClFN2.ClH/c18-16-8-14(19)7-6-13(16)9-21-10-15(17(20)11-21)12-4-2-1-3-5-12;/h1-8,15,17H,9-11,20H2;1H/t15-,17+;/m0./s1. The molecule has 0 aliphatic carbocycles. The quantitative estimate of drug-likeness (QED) is 0.919. The number of nitrogens with zero attached hydrogens (tertiary/aromatic N) is 1. The fourth-order valence-corrected chi connectivity index (χ4v) is 3.21. The van der Waals surface area contributed by atoms with Gasteiger partial charge in [-0.1, -0.05) is 48.0 Å². The zero-order valence-electron chi connectivity index (χ0n) is 12.1. The van der Waals surface area contributed by atoms with Crippen LogP contribution in [0.1, 0.15) is 17.0 Å². The number of nitrogens with two attached hydrogens (primary N) is 1. The topological polar surface area (TPSA) is 29.3 Å². The van der Waals surface area contributed by atoms with Gasteiger partial charge in [-0.05, 0) is 23.3 Å². The van der Waals surface area contributed by atoms with Gasteiger partial charge in [0.25, 0.3) is 0 Å². The van der Waals surface area contributed by atoms with E-state index in [0.717, 1.165) is 18.7 Å². The second-order valence-corrected chi connectivity index (χ2v) is 6.02. The first-order valence-electron chi connectivity index (χ1n) is 7.10. The molecule has 2 nitrogen and oxygen atoms in total. The minimum atomic E-state index is -0.302. The summed E-state index contributed by atoms with van der Waals surface area (Å²) in [5.41, 5.74) is 8.50. The third-order valence-corrected chi connectivity index (χ3v) is 4.43. The highest BCUT2D eigenvalue weighted by Crippen LogP contribution is 2.28. The normalized spacial score (nSPS) is 21.6. The summed E-state index contributed by atoms with van der Waals surface area (Å²) in [6, 6.07) is 15.0. The third-order valence-electron chi connectivity index (χ3n) is 4.08. The number of benzene rings is 2. The maximum atomic E-state index is 13.1. The van der Waals surface area contributed by atoms with Crippen LogP contribution in [0.3, 0.4) is 0 Å². The highest BCUT2D eigenvalue weighted by molar-refractivity contribution is 6.31. The average Bonchev–Trinajstić information content (AvgIpc) is 2.84. The van der Waals surface area contributed by atoms with Gasteiger partial charge >= 0.3 is 0 Å². The van der Waals surface area contributed by atoms with Crippen LogP contribution in [0, 0.1) is 5.82 Å². The molecule has 1 aliphatic rings. The van der Waals surface area contributed by atoms with Gasteiger partial charge in [0, 0.05) is 36.6 Å². The van der Waals surface area contributed by atoms with Gasteiger partial charge in [0.1, 0.15) is 5.82 Å². The van der Waals surface area contributed by atoms with Crippen molar-refractivity contribution in [1.29, 1.82) is 0 Å². The molecule has 0 bridgehead atoms. The Balaban J connectivity index is 0.00000176. The van der Waals surface area contributed by atoms with Crippen LogP contribution in [-0.4, -0.2) is 24.0 Å². The van der Waals surface area contributed by atoms with Crippen molar-refractivity contribution in [2.24, 2.45) is 5.73 Å². The maximum absolute atomic E-state index is 13.1. The van der Waals surface area contributed by atoms with Crippen molar-refractivity contribution in [2.45, 2.75) is 18.5 Å². The van der Waals surface area contributed by atoms with Crippen LogP contribution >= 0.6 is 24.0 Å². The molecule has 1 fully saturated rings. The Labute approximate surface area is 141 Å². The predicted octanol–water partition coefficient (Wildman–Crippen LogP) is 3.83. The Morgan fingerprint density at radius 1 is 1.14 bits per heavy atom. The van der Waals surface area contributed by atoms with Crippen LogP contribution in [0.15, 0.2) is 48.5 Å². The molecule has 118 valence electrons. The van der Waals surface area contributed by atoms with Crippen molar-refractivity contribution in [3.63, 3.8) is 0 Å². The van der Waals surface area contributed by atoms with Gasteiger partial charge in [0.15, 0.2) is 0 Å². The van der Waals surface area contributed by atoms with Crippen LogP contribution in [-0.2, 0) is 6.54 Å². The van der Waals surface area contributed by atoms with E-state index >= 15 is 0 Å². The van der Waals surface area contributed by atoms with Crippen LogP contribution in [0.2, 0.25) is 5.02 Å². The van der Waals surface area contributed by atoms with Crippen molar-refractivity contribution in [3.05, 3.63) is 70.5 Å². The zero-order valence-corrected chi connectivity index (χ0v) is 13.7. The van der Waals surface area contributed by atoms with E-state index < -0.39 is 0 Å². The van der Waals surface area contributed by atoms with Crippen molar-refractivity contribution >= 4 is 24.0 Å². The van der Waals surface area contributed by atoms with Crippen molar-refractivity contribution < 1.29 is 4.39 Å². The number of hydrogen-bond acceptors (Lipinski definition) is 2. The van der Waals surface area contributed by atoms with Crippen LogP contribution < -0.4 is 5.73 Å². The molecule has 0 spiro atoms. The molecule has 0 saturated carbocycles. The summed E-state index contributed by atoms with van der Waals surface area (Å²) in [4.78, 5) is 2.28. The summed E-state index contributed by atoms with van der Waals surface area (Å²) >= 11 is 6.10. The SMILES string of the molecule is Cl.N[C@@H]1CN(Cc2ccc(F)cc2Cl)C[C@H]1c1ccccc1. The van der Waals surface area contributed by atoms with Gasteiger partial charge in [-0.2, -0.15) is 0 Å². The van der Waals surface area contributed by atoms with E-state index in [9.17, 15) is 4.39 Å². The van der Waals surface area contributed by atoms with Gasteiger partial charge in [-0.3, -0.25) is 4.90 Å². The Morgan fingerprint density at radius 2 is 1.86 bits per heavy atom. The van der Waals surface area contributed by atoms with Gasteiger partial charge in [0.2, 0.25) is 0 Å². The first-order valence-corrected chi connectivity index (χ1v) is 7.48. The molecule has 0 aromatic heterocycles. The molecule has 2 aromatic rings. The Bertz CT molecular complexity index is 621. The van der Waals surface area contributed by atoms with E-state index in [1.54, 1.807) is 6.07 Å². The third kappa shape index (κ3) is 3.79. The fourth-order valence-electron chi connectivity index (χ4n) is 2.99. The summed E-state index contributed by atoms with van der Waals surface area (Å²) < 4.78 is 13.1. The summed E-state index contributed by atoms with van der Waals surface area (Å²) in [5, 5.41) is 0.478. The predicted molar refractivity (Wildman–Crippen MR) is 91.1 cm³/mol. The fraction of sp³-hybridized carbons (Fsp3) is 0.294. The molecule has 2 atom stereocenters. The Hall–Kier alpha value is -1.13. The molecule has 1 heterocycles. The lowest BCUT2D eigenvalue weighted by Crippen LogP contribution is -2.28. The molecular formula is C17H19Cl2FN2. The summed E-state index contributed by atoms with van der Waals surface area (Å²) in [6.45, 7) is 2.43. The number of rotatable bonds is 3. The zero-order chi connectivity index (χ0) is 14.8. The molecule has 0 unspecified atom stereocenters. The second-order valence-electron chi connectivity index (χ2n) is 5.61. The number of likely N-dealkylation sites (tertiary alicyclic amines) is 1. The molecule has 1 aliphatic heterocycles. The van der Waals surface area contributed by atoms with E-state index in [1.165, 1.54) is 17.7 Å². The molecular weight excluding hydrogens is 322 g/mol. The van der Waals surface area contributed by atoms with E-state index in [0.29, 0.717) is 17.5 Å². The Kier molecular flexibility index (Phi) is 5.81. The monoisotopic (exact) mass is 340 g/mol. The first kappa shape index (κ1) is 17.2. The number of halogens is 3. The van der Waals surface area contributed by atoms with E-state index in [-0.39, 0.29) is 24.3 Å².